The zero-order chi connectivity index (χ0) is 49.9. The molecule has 0 amide bonds. The maximum Gasteiger partial charge on any atom is 0.345 e. The molecule has 4 aliphatic heterocycles. The molecule has 0 radical (unpaired) electrons. The van der Waals surface area contributed by atoms with E-state index in [0.29, 0.717) is 126 Å². The van der Waals surface area contributed by atoms with Crippen LogP contribution in [0.2, 0.25) is 10.0 Å². The lowest BCUT2D eigenvalue weighted by atomic mass is 9.92. The van der Waals surface area contributed by atoms with Crippen molar-refractivity contribution in [3.8, 4) is 61.8 Å². The summed E-state index contributed by atoms with van der Waals surface area (Å²) in [5, 5.41) is 11.9. The number of fused-ring (bicyclic) bond motifs is 7. The van der Waals surface area contributed by atoms with Crippen LogP contribution >= 0.6 is 34.5 Å². The highest BCUT2D eigenvalue weighted by molar-refractivity contribution is 7.22. The van der Waals surface area contributed by atoms with Crippen LogP contribution < -0.4 is 23.7 Å². The fourth-order valence-corrected chi connectivity index (χ4v) is 10.7. The molecule has 0 spiro atoms. The first kappa shape index (κ1) is 49.4. The summed E-state index contributed by atoms with van der Waals surface area (Å²) in [5.41, 5.74) is 5.09. The second-order valence-corrected chi connectivity index (χ2v) is 19.6. The topological polar surface area (TPSA) is 160 Å². The standard InChI is InChI=1S/C53H51Cl2FN6O9S/c1-30-43-31(2)47(55)48(46(30)54)70-39(24-62-18-16-61(3)17-19-62)27-68-38-12-13-41(69-25-36-14-15-57-50(60-36)33-6-10-37(11-7-33)67-28-40-26-65-20-21-66-40)34(22-38)23-42(53(63)64)71-51-45-44(43)49(72-52(45)59-29-58-51)32-4-8-35(56)9-5-32/h4-15,22,29,39-40,42H,16-21,23-28H2,1-3H3,(H,63,64)/t39-,40?,42-/m1/s1. The van der Waals surface area contributed by atoms with E-state index in [0.717, 1.165) is 31.7 Å². The molecule has 4 aromatic carbocycles. The number of likely N-dealkylation sites (N-methyl/N-ethyl adjacent to an activating group) is 1. The van der Waals surface area contributed by atoms with Gasteiger partial charge in [0, 0.05) is 66.9 Å². The highest BCUT2D eigenvalue weighted by Gasteiger charge is 2.32. The van der Waals surface area contributed by atoms with Crippen LogP contribution in [-0.2, 0) is 27.3 Å². The molecule has 0 aliphatic carbocycles. The van der Waals surface area contributed by atoms with Crippen LogP contribution in [0.1, 0.15) is 22.4 Å². The predicted molar refractivity (Wildman–Crippen MR) is 272 cm³/mol. The average Bonchev–Trinajstić information content (AvgIpc) is 3.78. The molecule has 15 nitrogen and oxygen atoms in total. The fraction of sp³-hybridized carbons (Fsp3) is 0.340. The van der Waals surface area contributed by atoms with Crippen molar-refractivity contribution in [3.63, 3.8) is 0 Å². The lowest BCUT2D eigenvalue weighted by molar-refractivity contribution is -0.145. The molecule has 4 bridgehead atoms. The fourth-order valence-electron chi connectivity index (χ4n) is 9.00. The number of aliphatic carboxylic acids is 1. The van der Waals surface area contributed by atoms with Gasteiger partial charge in [-0.25, -0.2) is 29.1 Å². The molecular formula is C53H51Cl2FN6O9S. The van der Waals surface area contributed by atoms with Gasteiger partial charge < -0.3 is 43.2 Å². The molecule has 1 unspecified atom stereocenters. The first-order valence-electron chi connectivity index (χ1n) is 23.6. The third kappa shape index (κ3) is 10.9. The third-order valence-electron chi connectivity index (χ3n) is 12.9. The Balaban J connectivity index is 1.01. The van der Waals surface area contributed by atoms with Gasteiger partial charge in [0.15, 0.2) is 11.6 Å². The van der Waals surface area contributed by atoms with Crippen molar-refractivity contribution in [1.29, 1.82) is 0 Å². The van der Waals surface area contributed by atoms with E-state index in [1.165, 1.54) is 29.8 Å². The van der Waals surface area contributed by atoms with E-state index in [4.69, 9.17) is 61.3 Å². The molecule has 3 aromatic heterocycles. The highest BCUT2D eigenvalue weighted by Crippen LogP contribution is 2.53. The van der Waals surface area contributed by atoms with Gasteiger partial charge in [-0.15, -0.1) is 11.3 Å². The van der Waals surface area contributed by atoms with Crippen LogP contribution in [0.25, 0.3) is 43.2 Å². The molecule has 72 heavy (non-hydrogen) atoms. The number of carboxylic acids is 1. The minimum absolute atomic E-state index is 0.0192. The number of hydrogen-bond donors (Lipinski definition) is 1. The van der Waals surface area contributed by atoms with Gasteiger partial charge in [-0.05, 0) is 104 Å². The van der Waals surface area contributed by atoms with Crippen LogP contribution in [0.5, 0.6) is 28.9 Å². The van der Waals surface area contributed by atoms with Gasteiger partial charge >= 0.3 is 5.97 Å². The number of hydrogen-bond acceptors (Lipinski definition) is 15. The van der Waals surface area contributed by atoms with E-state index in [-0.39, 0.29) is 31.6 Å². The summed E-state index contributed by atoms with van der Waals surface area (Å²) >= 11 is 16.0. The Morgan fingerprint density at radius 2 is 1.62 bits per heavy atom. The highest BCUT2D eigenvalue weighted by atomic mass is 35.5. The Kier molecular flexibility index (Phi) is 15.0. The number of rotatable bonds is 11. The molecule has 4 aliphatic rings. The maximum atomic E-state index is 14.4. The number of carboxylic acid groups (broad SMARTS) is 1. The van der Waals surface area contributed by atoms with Crippen molar-refractivity contribution in [2.75, 3.05) is 72.8 Å². The summed E-state index contributed by atoms with van der Waals surface area (Å²) in [6.45, 7) is 9.83. The van der Waals surface area contributed by atoms with Gasteiger partial charge in [-0.1, -0.05) is 35.3 Å². The first-order valence-corrected chi connectivity index (χ1v) is 25.1. The number of nitrogens with zero attached hydrogens (tertiary/aromatic N) is 6. The second kappa shape index (κ2) is 21.9. The molecule has 7 aromatic rings. The van der Waals surface area contributed by atoms with Gasteiger partial charge in [0.2, 0.25) is 12.0 Å². The molecule has 1 N–H and O–H groups in total. The number of carbonyl (C=O) groups is 1. The quantitative estimate of drug-likeness (QED) is 0.130. The smallest absolute Gasteiger partial charge is 0.345 e. The van der Waals surface area contributed by atoms with Crippen LogP contribution in [0.3, 0.4) is 0 Å². The van der Waals surface area contributed by atoms with Crippen molar-refractivity contribution in [3.05, 3.63) is 124 Å². The summed E-state index contributed by atoms with van der Waals surface area (Å²) in [4.78, 5) is 37.7. The Morgan fingerprint density at radius 1 is 0.861 bits per heavy atom. The van der Waals surface area contributed by atoms with E-state index >= 15 is 0 Å². The minimum Gasteiger partial charge on any atom is -0.491 e. The van der Waals surface area contributed by atoms with E-state index in [1.807, 2.05) is 38.1 Å². The summed E-state index contributed by atoms with van der Waals surface area (Å²) < 4.78 is 57.9. The Hall–Kier alpha value is -6.18. The number of thiophene rings is 1. The maximum absolute atomic E-state index is 14.4. The molecule has 11 rings (SSSR count). The summed E-state index contributed by atoms with van der Waals surface area (Å²) in [6.07, 6.45) is 0.683. The average molecular weight is 1040 g/mol. The van der Waals surface area contributed by atoms with Crippen molar-refractivity contribution in [2.24, 2.45) is 0 Å². The van der Waals surface area contributed by atoms with Gasteiger partial charge in [-0.3, -0.25) is 4.90 Å². The molecule has 374 valence electrons. The molecule has 19 heteroatoms. The van der Waals surface area contributed by atoms with Crippen LogP contribution in [0.15, 0.2) is 85.3 Å². The van der Waals surface area contributed by atoms with Gasteiger partial charge in [-0.2, -0.15) is 0 Å². The molecular weight excluding hydrogens is 987 g/mol. The SMILES string of the molecule is Cc1c(Cl)c2c(Cl)c(C)c1-c1c(-c3ccc(F)cc3)sc3ncnc(c13)O[C@@H](C(=O)O)Cc1cc(ccc1OCc1ccnc(-c3ccc(OCC4COCCO4)cc3)n1)OC[C@@H](CN1CCN(C)CC1)O2. The molecule has 7 heterocycles. The van der Waals surface area contributed by atoms with Crippen LogP contribution in [0, 0.1) is 19.7 Å². The lowest BCUT2D eigenvalue weighted by Gasteiger charge is -2.35. The van der Waals surface area contributed by atoms with Crippen molar-refractivity contribution >= 4 is 50.7 Å². The Morgan fingerprint density at radius 3 is 2.36 bits per heavy atom. The van der Waals surface area contributed by atoms with E-state index in [9.17, 15) is 14.3 Å². The summed E-state index contributed by atoms with van der Waals surface area (Å²) in [6, 6.07) is 20.6. The monoisotopic (exact) mass is 1040 g/mol. The van der Waals surface area contributed by atoms with Crippen molar-refractivity contribution < 1.29 is 47.4 Å². The largest absolute Gasteiger partial charge is 0.491 e. The van der Waals surface area contributed by atoms with Crippen molar-refractivity contribution in [1.82, 2.24) is 29.7 Å². The zero-order valence-electron chi connectivity index (χ0n) is 39.7. The Labute approximate surface area is 429 Å². The molecule has 0 saturated carbocycles. The van der Waals surface area contributed by atoms with E-state index in [1.54, 1.807) is 42.6 Å². The second-order valence-electron chi connectivity index (χ2n) is 17.9. The number of ether oxygens (including phenoxy) is 7. The summed E-state index contributed by atoms with van der Waals surface area (Å²) in [7, 11) is 2.10. The van der Waals surface area contributed by atoms with Crippen molar-refractivity contribution in [2.45, 2.75) is 45.2 Å². The van der Waals surface area contributed by atoms with E-state index < -0.39 is 24.0 Å². The third-order valence-corrected chi connectivity index (χ3v) is 14.9. The van der Waals surface area contributed by atoms with Gasteiger partial charge in [0.05, 0.1) is 40.9 Å². The first-order chi connectivity index (χ1) is 34.9. The van der Waals surface area contributed by atoms with Gasteiger partial charge in [0.1, 0.15) is 66.3 Å². The van der Waals surface area contributed by atoms with Gasteiger partial charge in [0.25, 0.3) is 0 Å². The molecule has 3 atom stereocenters. The predicted octanol–water partition coefficient (Wildman–Crippen LogP) is 9.38. The summed E-state index contributed by atoms with van der Waals surface area (Å²) in [5.74, 6) is 0.686. The van der Waals surface area contributed by atoms with E-state index in [2.05, 4.69) is 31.8 Å². The minimum atomic E-state index is -1.48. The molecule has 2 fully saturated rings. The van der Waals surface area contributed by atoms with Crippen LogP contribution in [-0.4, -0.2) is 132 Å². The number of piperazine rings is 1. The molecule has 2 saturated heterocycles. The Bertz CT molecular complexity index is 3050. The number of benzene rings is 4. The number of aromatic nitrogens is 4. The van der Waals surface area contributed by atoms with Crippen LogP contribution in [0.4, 0.5) is 4.39 Å². The number of halogens is 3. The normalized spacial score (nSPS) is 18.7. The zero-order valence-corrected chi connectivity index (χ0v) is 42.1. The lowest BCUT2D eigenvalue weighted by Crippen LogP contribution is -2.49.